The van der Waals surface area contributed by atoms with E-state index in [1.54, 1.807) is 34.9 Å². The molecule has 2 aromatic carbocycles. The van der Waals surface area contributed by atoms with Crippen molar-refractivity contribution in [1.82, 2.24) is 0 Å². The van der Waals surface area contributed by atoms with Crippen molar-refractivity contribution >= 4 is 46.6 Å². The molecule has 0 aromatic heterocycles. The third-order valence-electron chi connectivity index (χ3n) is 3.98. The van der Waals surface area contributed by atoms with Crippen LogP contribution in [0.5, 0.6) is 0 Å². The highest BCUT2D eigenvalue weighted by atomic mass is 35.5. The molecule has 0 saturated carbocycles. The lowest BCUT2D eigenvalue weighted by Gasteiger charge is -2.17. The molecule has 6 heteroatoms. The van der Waals surface area contributed by atoms with Crippen LogP contribution in [0.3, 0.4) is 0 Å². The molecule has 0 bridgehead atoms. The molecule has 1 heterocycles. The van der Waals surface area contributed by atoms with Crippen LogP contribution >= 0.6 is 23.4 Å². The van der Waals surface area contributed by atoms with Crippen molar-refractivity contribution in [2.75, 3.05) is 23.0 Å². The maximum absolute atomic E-state index is 12.5. The number of nitrogens with zero attached hydrogens (tertiary/aromatic N) is 1. The summed E-state index contributed by atoms with van der Waals surface area (Å²) >= 11 is 7.56. The van der Waals surface area contributed by atoms with Gasteiger partial charge in [-0.1, -0.05) is 29.8 Å². The van der Waals surface area contributed by atoms with Crippen molar-refractivity contribution in [2.24, 2.45) is 5.92 Å². The Kier molecular flexibility index (Phi) is 5.11. The fourth-order valence-corrected chi connectivity index (χ4v) is 3.50. The Balaban J connectivity index is 1.72. The van der Waals surface area contributed by atoms with Crippen LogP contribution in [-0.4, -0.2) is 24.6 Å². The Hall–Kier alpha value is -1.98. The van der Waals surface area contributed by atoms with E-state index in [2.05, 4.69) is 5.32 Å². The van der Waals surface area contributed by atoms with Gasteiger partial charge in [0.05, 0.1) is 11.6 Å². The van der Waals surface area contributed by atoms with E-state index in [0.717, 1.165) is 16.3 Å². The SMILES string of the molecule is CSc1ccccc1NC(=O)C1CC(=O)N(c2cccc(Cl)c2)C1. The summed E-state index contributed by atoms with van der Waals surface area (Å²) in [5.74, 6) is -0.559. The molecule has 4 nitrogen and oxygen atoms in total. The van der Waals surface area contributed by atoms with Crippen LogP contribution in [0.15, 0.2) is 53.4 Å². The molecule has 3 rings (SSSR count). The first-order valence-electron chi connectivity index (χ1n) is 7.58. The number of para-hydroxylation sites is 1. The number of nitrogens with one attached hydrogen (secondary N) is 1. The van der Waals surface area contributed by atoms with Gasteiger partial charge in [-0.15, -0.1) is 11.8 Å². The van der Waals surface area contributed by atoms with Crippen LogP contribution in [-0.2, 0) is 9.59 Å². The van der Waals surface area contributed by atoms with Crippen molar-refractivity contribution in [3.63, 3.8) is 0 Å². The van der Waals surface area contributed by atoms with E-state index in [1.807, 2.05) is 36.6 Å². The van der Waals surface area contributed by atoms with Gasteiger partial charge in [-0.2, -0.15) is 0 Å². The summed E-state index contributed by atoms with van der Waals surface area (Å²) in [4.78, 5) is 27.4. The second-order valence-corrected chi connectivity index (χ2v) is 6.86. The molecule has 2 aromatic rings. The summed E-state index contributed by atoms with van der Waals surface area (Å²) in [5, 5.41) is 3.51. The van der Waals surface area contributed by atoms with Gasteiger partial charge in [0, 0.05) is 28.6 Å². The van der Waals surface area contributed by atoms with Crippen LogP contribution in [0, 0.1) is 5.92 Å². The number of rotatable bonds is 4. The topological polar surface area (TPSA) is 49.4 Å². The third kappa shape index (κ3) is 3.57. The first-order valence-corrected chi connectivity index (χ1v) is 9.18. The van der Waals surface area contributed by atoms with Crippen LogP contribution < -0.4 is 10.2 Å². The zero-order valence-corrected chi connectivity index (χ0v) is 14.7. The monoisotopic (exact) mass is 360 g/mol. The van der Waals surface area contributed by atoms with Crippen LogP contribution in [0.4, 0.5) is 11.4 Å². The number of carbonyl (C=O) groups excluding carboxylic acids is 2. The lowest BCUT2D eigenvalue weighted by Crippen LogP contribution is -2.28. The highest BCUT2D eigenvalue weighted by Gasteiger charge is 2.35. The second kappa shape index (κ2) is 7.28. The molecule has 1 atom stereocenters. The van der Waals surface area contributed by atoms with Gasteiger partial charge in [0.2, 0.25) is 11.8 Å². The Bertz CT molecular complexity index is 781. The molecule has 124 valence electrons. The number of thioether (sulfide) groups is 1. The Labute approximate surface area is 150 Å². The van der Waals surface area contributed by atoms with Crippen molar-refractivity contribution < 1.29 is 9.59 Å². The largest absolute Gasteiger partial charge is 0.325 e. The average Bonchev–Trinajstić information content (AvgIpc) is 2.97. The molecule has 1 unspecified atom stereocenters. The van der Waals surface area contributed by atoms with E-state index >= 15 is 0 Å². The Morgan fingerprint density at radius 2 is 2.04 bits per heavy atom. The van der Waals surface area contributed by atoms with Crippen molar-refractivity contribution in [2.45, 2.75) is 11.3 Å². The summed E-state index contributed by atoms with van der Waals surface area (Å²) in [6.07, 6.45) is 2.17. The van der Waals surface area contributed by atoms with E-state index in [-0.39, 0.29) is 24.2 Å². The standard InChI is InChI=1S/C18H17ClN2O2S/c1-24-16-8-3-2-7-15(16)20-18(23)12-9-17(22)21(11-12)14-6-4-5-13(19)10-14/h2-8,10,12H,9,11H2,1H3,(H,20,23). The van der Waals surface area contributed by atoms with Gasteiger partial charge in [0.15, 0.2) is 0 Å². The minimum absolute atomic E-state index is 0.0597. The van der Waals surface area contributed by atoms with Crippen LogP contribution in [0.2, 0.25) is 5.02 Å². The number of hydrogen-bond donors (Lipinski definition) is 1. The average molecular weight is 361 g/mol. The maximum Gasteiger partial charge on any atom is 0.229 e. The number of benzene rings is 2. The molecular formula is C18H17ClN2O2S. The molecular weight excluding hydrogens is 344 g/mol. The summed E-state index contributed by atoms with van der Waals surface area (Å²) in [6.45, 7) is 0.368. The highest BCUT2D eigenvalue weighted by molar-refractivity contribution is 7.98. The number of carbonyl (C=O) groups is 2. The van der Waals surface area contributed by atoms with Gasteiger partial charge in [-0.3, -0.25) is 9.59 Å². The van der Waals surface area contributed by atoms with E-state index in [0.29, 0.717) is 11.6 Å². The molecule has 1 N–H and O–H groups in total. The molecule has 1 fully saturated rings. The molecule has 0 spiro atoms. The zero-order chi connectivity index (χ0) is 17.1. The fourth-order valence-electron chi connectivity index (χ4n) is 2.76. The molecule has 2 amide bonds. The summed E-state index contributed by atoms with van der Waals surface area (Å²) in [5.41, 5.74) is 1.51. The fraction of sp³-hybridized carbons (Fsp3) is 0.222. The van der Waals surface area contributed by atoms with Gasteiger partial charge in [0.1, 0.15) is 0 Å². The molecule has 1 aliphatic heterocycles. The van der Waals surface area contributed by atoms with Gasteiger partial charge < -0.3 is 10.2 Å². The van der Waals surface area contributed by atoms with Crippen molar-refractivity contribution in [3.05, 3.63) is 53.6 Å². The second-order valence-electron chi connectivity index (χ2n) is 5.57. The smallest absolute Gasteiger partial charge is 0.229 e. The molecule has 0 aliphatic carbocycles. The minimum Gasteiger partial charge on any atom is -0.325 e. The van der Waals surface area contributed by atoms with Crippen molar-refractivity contribution in [3.8, 4) is 0 Å². The lowest BCUT2D eigenvalue weighted by atomic mass is 10.1. The van der Waals surface area contributed by atoms with Gasteiger partial charge in [-0.05, 0) is 36.6 Å². The summed E-state index contributed by atoms with van der Waals surface area (Å²) in [7, 11) is 0. The third-order valence-corrected chi connectivity index (χ3v) is 5.01. The van der Waals surface area contributed by atoms with E-state index < -0.39 is 0 Å². The Morgan fingerprint density at radius 3 is 2.79 bits per heavy atom. The predicted octanol–water partition coefficient (Wildman–Crippen LogP) is 4.05. The predicted molar refractivity (Wildman–Crippen MR) is 98.8 cm³/mol. The van der Waals surface area contributed by atoms with E-state index in [1.165, 1.54) is 0 Å². The lowest BCUT2D eigenvalue weighted by molar-refractivity contribution is -0.122. The van der Waals surface area contributed by atoms with Gasteiger partial charge in [0.25, 0.3) is 0 Å². The molecule has 1 aliphatic rings. The molecule has 0 radical (unpaired) electrons. The minimum atomic E-state index is -0.369. The summed E-state index contributed by atoms with van der Waals surface area (Å²) < 4.78 is 0. The van der Waals surface area contributed by atoms with Gasteiger partial charge >= 0.3 is 0 Å². The molecule has 24 heavy (non-hydrogen) atoms. The molecule has 1 saturated heterocycles. The first-order chi connectivity index (χ1) is 11.6. The normalized spacial score (nSPS) is 17.2. The number of anilines is 2. The highest BCUT2D eigenvalue weighted by Crippen LogP contribution is 2.29. The number of hydrogen-bond acceptors (Lipinski definition) is 3. The van der Waals surface area contributed by atoms with Crippen LogP contribution in [0.1, 0.15) is 6.42 Å². The van der Waals surface area contributed by atoms with Crippen molar-refractivity contribution in [1.29, 1.82) is 0 Å². The Morgan fingerprint density at radius 1 is 1.25 bits per heavy atom. The number of amides is 2. The van der Waals surface area contributed by atoms with Gasteiger partial charge in [-0.25, -0.2) is 0 Å². The quantitative estimate of drug-likeness (QED) is 0.837. The maximum atomic E-state index is 12.5. The van der Waals surface area contributed by atoms with E-state index in [9.17, 15) is 9.59 Å². The summed E-state index contributed by atoms with van der Waals surface area (Å²) in [6, 6.07) is 14.8. The zero-order valence-electron chi connectivity index (χ0n) is 13.2. The van der Waals surface area contributed by atoms with Crippen LogP contribution in [0.25, 0.3) is 0 Å². The number of halogens is 1. The first kappa shape index (κ1) is 16.9. The van der Waals surface area contributed by atoms with E-state index in [4.69, 9.17) is 11.6 Å².